The molecule has 1 amide bonds. The lowest BCUT2D eigenvalue weighted by Crippen LogP contribution is -2.47. The number of hydrogen-bond acceptors (Lipinski definition) is 3. The molecule has 1 rings (SSSR count). The molecule has 1 saturated heterocycles. The van der Waals surface area contributed by atoms with E-state index >= 15 is 0 Å². The molecule has 0 spiro atoms. The van der Waals surface area contributed by atoms with E-state index in [1.807, 2.05) is 13.8 Å². The van der Waals surface area contributed by atoms with E-state index in [-0.39, 0.29) is 17.7 Å². The third-order valence-corrected chi connectivity index (χ3v) is 2.68. The maximum absolute atomic E-state index is 12.0. The zero-order valence-corrected chi connectivity index (χ0v) is 9.62. The highest BCUT2D eigenvalue weighted by atomic mass is 16.5. The van der Waals surface area contributed by atoms with Crippen molar-refractivity contribution in [2.75, 3.05) is 19.8 Å². The van der Waals surface area contributed by atoms with Crippen molar-refractivity contribution in [3.05, 3.63) is 11.3 Å². The minimum atomic E-state index is -0.0618. The van der Waals surface area contributed by atoms with Crippen LogP contribution in [0.3, 0.4) is 0 Å². The summed E-state index contributed by atoms with van der Waals surface area (Å²) in [6.07, 6.45) is 0.561. The molecule has 1 aliphatic rings. The number of aliphatic hydroxyl groups excluding tert-OH is 1. The highest BCUT2D eigenvalue weighted by Crippen LogP contribution is 2.15. The second kappa shape index (κ2) is 5.16. The van der Waals surface area contributed by atoms with Gasteiger partial charge in [0.15, 0.2) is 0 Å². The summed E-state index contributed by atoms with van der Waals surface area (Å²) in [6.45, 7) is 7.15. The van der Waals surface area contributed by atoms with Crippen LogP contribution in [-0.4, -0.2) is 41.7 Å². The molecular weight excluding hydrogens is 194 g/mol. The Kier molecular flexibility index (Phi) is 4.15. The van der Waals surface area contributed by atoms with Gasteiger partial charge in [0.05, 0.1) is 30.6 Å². The average molecular weight is 213 g/mol. The highest BCUT2D eigenvalue weighted by molar-refractivity contribution is 5.94. The molecule has 1 atom stereocenters. The maximum Gasteiger partial charge on any atom is 0.253 e. The Balaban J connectivity index is 2.78. The van der Waals surface area contributed by atoms with E-state index in [0.29, 0.717) is 31.8 Å². The van der Waals surface area contributed by atoms with Crippen molar-refractivity contribution in [1.29, 1.82) is 0 Å². The zero-order chi connectivity index (χ0) is 11.4. The lowest BCUT2D eigenvalue weighted by Gasteiger charge is -2.33. The molecule has 0 unspecified atom stereocenters. The fourth-order valence-corrected chi connectivity index (χ4v) is 1.76. The second-order valence-corrected chi connectivity index (χ2v) is 3.84. The number of carbonyl (C=O) groups excluding carboxylic acids is 1. The Morgan fingerprint density at radius 1 is 1.60 bits per heavy atom. The summed E-state index contributed by atoms with van der Waals surface area (Å²) in [5.41, 5.74) is 0.503. The number of amides is 1. The Morgan fingerprint density at radius 2 is 2.27 bits per heavy atom. The van der Waals surface area contributed by atoms with Crippen LogP contribution in [0.1, 0.15) is 27.2 Å². The first-order chi connectivity index (χ1) is 7.07. The highest BCUT2D eigenvalue weighted by Gasteiger charge is 2.26. The zero-order valence-electron chi connectivity index (χ0n) is 9.62. The molecule has 15 heavy (non-hydrogen) atoms. The van der Waals surface area contributed by atoms with Gasteiger partial charge in [0.2, 0.25) is 0 Å². The summed E-state index contributed by atoms with van der Waals surface area (Å²) in [6, 6.07) is 0.0900. The number of hydrogen-bond donors (Lipinski definition) is 1. The van der Waals surface area contributed by atoms with Gasteiger partial charge >= 0.3 is 0 Å². The quantitative estimate of drug-likeness (QED) is 0.558. The Labute approximate surface area is 90.5 Å². The topological polar surface area (TPSA) is 49.8 Å². The van der Waals surface area contributed by atoms with Crippen LogP contribution in [0.15, 0.2) is 11.3 Å². The van der Waals surface area contributed by atoms with Crippen molar-refractivity contribution in [3.63, 3.8) is 0 Å². The van der Waals surface area contributed by atoms with Crippen molar-refractivity contribution >= 4 is 5.91 Å². The number of rotatable bonds is 2. The number of morpholine rings is 1. The molecule has 4 heteroatoms. The normalized spacial score (nSPS) is 23.7. The van der Waals surface area contributed by atoms with Gasteiger partial charge < -0.3 is 14.7 Å². The molecular formula is C11H19NO3. The van der Waals surface area contributed by atoms with Crippen molar-refractivity contribution in [2.24, 2.45) is 0 Å². The van der Waals surface area contributed by atoms with Crippen LogP contribution in [-0.2, 0) is 9.53 Å². The Bertz CT molecular complexity index is 269. The van der Waals surface area contributed by atoms with Crippen LogP contribution in [0.25, 0.3) is 0 Å². The fourth-order valence-electron chi connectivity index (χ4n) is 1.76. The predicted molar refractivity (Wildman–Crippen MR) is 57.6 cm³/mol. The van der Waals surface area contributed by atoms with Crippen LogP contribution >= 0.6 is 0 Å². The maximum atomic E-state index is 12.0. The van der Waals surface area contributed by atoms with Gasteiger partial charge in [-0.3, -0.25) is 4.79 Å². The number of nitrogens with zero attached hydrogens (tertiary/aromatic N) is 1. The number of carbonyl (C=O) groups is 1. The molecule has 1 fully saturated rings. The monoisotopic (exact) mass is 213 g/mol. The molecule has 4 nitrogen and oxygen atoms in total. The molecule has 0 aromatic carbocycles. The fraction of sp³-hybridized carbons (Fsp3) is 0.727. The van der Waals surface area contributed by atoms with Gasteiger partial charge in [0.25, 0.3) is 5.91 Å². The third-order valence-electron chi connectivity index (χ3n) is 2.68. The van der Waals surface area contributed by atoms with Gasteiger partial charge in [0, 0.05) is 6.54 Å². The summed E-state index contributed by atoms with van der Waals surface area (Å²) in [5.74, 6) is 0.0643. The summed E-state index contributed by atoms with van der Waals surface area (Å²) in [7, 11) is 0. The van der Waals surface area contributed by atoms with Crippen LogP contribution in [0.2, 0.25) is 0 Å². The average Bonchev–Trinajstić information content (AvgIpc) is 2.18. The van der Waals surface area contributed by atoms with Gasteiger partial charge in [-0.05, 0) is 20.3 Å². The number of allylic oxidation sites excluding steroid dienone is 1. The predicted octanol–water partition coefficient (Wildman–Crippen LogP) is 1.48. The molecule has 0 aromatic rings. The van der Waals surface area contributed by atoms with Crippen molar-refractivity contribution in [3.8, 4) is 0 Å². The van der Waals surface area contributed by atoms with Gasteiger partial charge in [0.1, 0.15) is 0 Å². The SMILES string of the molecule is CC/C(C(=O)N1CCOC[C@@H]1C)=C(/C)O. The molecule has 0 bridgehead atoms. The molecule has 1 aliphatic heterocycles. The van der Waals surface area contributed by atoms with Crippen LogP contribution in [0.4, 0.5) is 0 Å². The van der Waals surface area contributed by atoms with Crippen molar-refractivity contribution in [1.82, 2.24) is 4.90 Å². The molecule has 1 heterocycles. The van der Waals surface area contributed by atoms with E-state index in [4.69, 9.17) is 4.74 Å². The minimum absolute atomic E-state index is 0.0618. The number of aliphatic hydroxyl groups is 1. The van der Waals surface area contributed by atoms with E-state index in [2.05, 4.69) is 0 Å². The van der Waals surface area contributed by atoms with Crippen LogP contribution in [0.5, 0.6) is 0 Å². The Morgan fingerprint density at radius 3 is 2.73 bits per heavy atom. The Hall–Kier alpha value is -1.03. The minimum Gasteiger partial charge on any atom is -0.512 e. The molecule has 1 N–H and O–H groups in total. The molecule has 0 saturated carbocycles. The first kappa shape index (κ1) is 12.0. The van der Waals surface area contributed by atoms with Gasteiger partial charge in [-0.15, -0.1) is 0 Å². The van der Waals surface area contributed by atoms with Crippen LogP contribution < -0.4 is 0 Å². The second-order valence-electron chi connectivity index (χ2n) is 3.84. The summed E-state index contributed by atoms with van der Waals surface area (Å²) < 4.78 is 5.26. The van der Waals surface area contributed by atoms with Gasteiger partial charge in [-0.1, -0.05) is 6.92 Å². The van der Waals surface area contributed by atoms with E-state index < -0.39 is 0 Å². The first-order valence-electron chi connectivity index (χ1n) is 5.35. The lowest BCUT2D eigenvalue weighted by atomic mass is 10.1. The number of ether oxygens (including phenoxy) is 1. The molecule has 86 valence electrons. The van der Waals surface area contributed by atoms with E-state index in [0.717, 1.165) is 0 Å². The summed E-state index contributed by atoms with van der Waals surface area (Å²) in [4.78, 5) is 13.8. The largest absolute Gasteiger partial charge is 0.512 e. The summed E-state index contributed by atoms with van der Waals surface area (Å²) >= 11 is 0. The lowest BCUT2D eigenvalue weighted by molar-refractivity contribution is -0.135. The van der Waals surface area contributed by atoms with Crippen LogP contribution in [0, 0.1) is 0 Å². The molecule has 0 aliphatic carbocycles. The van der Waals surface area contributed by atoms with Crippen molar-refractivity contribution in [2.45, 2.75) is 33.2 Å². The standard InChI is InChI=1S/C11H19NO3/c1-4-10(9(3)13)11(14)12-5-6-15-7-8(12)2/h8,13H,4-7H2,1-3H3/b10-9+/t8-/m0/s1. The van der Waals surface area contributed by atoms with E-state index in [1.165, 1.54) is 0 Å². The smallest absolute Gasteiger partial charge is 0.253 e. The van der Waals surface area contributed by atoms with E-state index in [1.54, 1.807) is 11.8 Å². The summed E-state index contributed by atoms with van der Waals surface area (Å²) in [5, 5.41) is 9.40. The molecule has 0 radical (unpaired) electrons. The van der Waals surface area contributed by atoms with Crippen molar-refractivity contribution < 1.29 is 14.6 Å². The van der Waals surface area contributed by atoms with Gasteiger partial charge in [-0.25, -0.2) is 0 Å². The van der Waals surface area contributed by atoms with Gasteiger partial charge in [-0.2, -0.15) is 0 Å². The first-order valence-corrected chi connectivity index (χ1v) is 5.35. The molecule has 0 aromatic heterocycles. The van der Waals surface area contributed by atoms with E-state index in [9.17, 15) is 9.90 Å². The third kappa shape index (κ3) is 2.72.